The van der Waals surface area contributed by atoms with Crippen molar-refractivity contribution in [2.75, 3.05) is 24.8 Å². The van der Waals surface area contributed by atoms with Crippen LogP contribution in [0.1, 0.15) is 36.0 Å². The average molecular weight is 363 g/mol. The van der Waals surface area contributed by atoms with E-state index in [0.717, 1.165) is 52.8 Å². The molecule has 138 valence electrons. The SMILES string of the molecule is O=C1N(CCC2CC2)c2ccccc2C12COc1cc3c(cc12)OCOC3. The molecule has 0 bridgehead atoms. The first-order chi connectivity index (χ1) is 13.3. The topological polar surface area (TPSA) is 48.0 Å². The molecule has 3 aliphatic heterocycles. The van der Waals surface area contributed by atoms with Crippen molar-refractivity contribution in [3.8, 4) is 11.5 Å². The summed E-state index contributed by atoms with van der Waals surface area (Å²) in [5, 5.41) is 0. The van der Waals surface area contributed by atoms with Crippen LogP contribution in [-0.2, 0) is 21.6 Å². The molecule has 3 heterocycles. The van der Waals surface area contributed by atoms with E-state index in [9.17, 15) is 4.79 Å². The smallest absolute Gasteiger partial charge is 0.245 e. The van der Waals surface area contributed by atoms with Crippen LogP contribution in [0.15, 0.2) is 36.4 Å². The van der Waals surface area contributed by atoms with Crippen molar-refractivity contribution in [2.45, 2.75) is 31.3 Å². The van der Waals surface area contributed by atoms with Crippen molar-refractivity contribution in [1.82, 2.24) is 0 Å². The van der Waals surface area contributed by atoms with Gasteiger partial charge >= 0.3 is 0 Å². The number of hydrogen-bond acceptors (Lipinski definition) is 4. The molecular weight excluding hydrogens is 342 g/mol. The minimum absolute atomic E-state index is 0.134. The molecule has 0 saturated heterocycles. The maximum Gasteiger partial charge on any atom is 0.245 e. The third-order valence-electron chi connectivity index (χ3n) is 6.34. The van der Waals surface area contributed by atoms with E-state index < -0.39 is 5.41 Å². The summed E-state index contributed by atoms with van der Waals surface area (Å²) >= 11 is 0. The van der Waals surface area contributed by atoms with Gasteiger partial charge in [-0.1, -0.05) is 31.0 Å². The summed E-state index contributed by atoms with van der Waals surface area (Å²) in [6, 6.07) is 12.1. The Morgan fingerprint density at radius 3 is 2.85 bits per heavy atom. The van der Waals surface area contributed by atoms with E-state index in [4.69, 9.17) is 14.2 Å². The number of fused-ring (bicyclic) bond motifs is 5. The summed E-state index contributed by atoms with van der Waals surface area (Å²) in [7, 11) is 0. The third-order valence-corrected chi connectivity index (χ3v) is 6.34. The highest BCUT2D eigenvalue weighted by molar-refractivity contribution is 6.11. The van der Waals surface area contributed by atoms with Gasteiger partial charge in [0.2, 0.25) is 5.91 Å². The molecule has 1 unspecified atom stereocenters. The van der Waals surface area contributed by atoms with Gasteiger partial charge in [-0.25, -0.2) is 0 Å². The highest BCUT2D eigenvalue weighted by Crippen LogP contribution is 2.54. The van der Waals surface area contributed by atoms with Gasteiger partial charge in [0.15, 0.2) is 6.79 Å². The van der Waals surface area contributed by atoms with E-state index in [2.05, 4.69) is 12.1 Å². The Bertz CT molecular complexity index is 951. The zero-order valence-corrected chi connectivity index (χ0v) is 15.1. The minimum atomic E-state index is -0.758. The Kier molecular flexibility index (Phi) is 3.15. The first-order valence-electron chi connectivity index (χ1n) is 9.69. The van der Waals surface area contributed by atoms with Gasteiger partial charge in [-0.3, -0.25) is 4.79 Å². The largest absolute Gasteiger partial charge is 0.491 e. The molecule has 4 aliphatic rings. The summed E-state index contributed by atoms with van der Waals surface area (Å²) < 4.78 is 17.1. The zero-order chi connectivity index (χ0) is 18.0. The molecule has 5 nitrogen and oxygen atoms in total. The average Bonchev–Trinajstić information content (AvgIpc) is 3.42. The fourth-order valence-electron chi connectivity index (χ4n) is 4.69. The fourth-order valence-corrected chi connectivity index (χ4v) is 4.69. The lowest BCUT2D eigenvalue weighted by molar-refractivity contribution is -0.122. The second-order valence-corrected chi connectivity index (χ2v) is 7.97. The first kappa shape index (κ1) is 15.5. The Morgan fingerprint density at radius 2 is 1.96 bits per heavy atom. The van der Waals surface area contributed by atoms with E-state index in [-0.39, 0.29) is 12.7 Å². The quantitative estimate of drug-likeness (QED) is 0.839. The van der Waals surface area contributed by atoms with Crippen molar-refractivity contribution in [1.29, 1.82) is 0 Å². The number of carbonyl (C=O) groups is 1. The van der Waals surface area contributed by atoms with Crippen LogP contribution in [0.25, 0.3) is 0 Å². The van der Waals surface area contributed by atoms with Crippen LogP contribution in [0.5, 0.6) is 11.5 Å². The fraction of sp³-hybridized carbons (Fsp3) is 0.409. The van der Waals surface area contributed by atoms with Gasteiger partial charge < -0.3 is 19.1 Å². The van der Waals surface area contributed by atoms with Gasteiger partial charge in [0.05, 0.1) is 6.61 Å². The van der Waals surface area contributed by atoms with E-state index in [1.165, 1.54) is 12.8 Å². The molecule has 2 aromatic carbocycles. The van der Waals surface area contributed by atoms with Gasteiger partial charge in [-0.15, -0.1) is 0 Å². The molecule has 1 aliphatic carbocycles. The van der Waals surface area contributed by atoms with Crippen molar-refractivity contribution < 1.29 is 19.0 Å². The Labute approximate surface area is 157 Å². The highest BCUT2D eigenvalue weighted by atomic mass is 16.7. The summed E-state index contributed by atoms with van der Waals surface area (Å²) in [5.74, 6) is 2.49. The van der Waals surface area contributed by atoms with Crippen LogP contribution in [0, 0.1) is 5.92 Å². The number of para-hydroxylation sites is 1. The molecule has 0 N–H and O–H groups in total. The summed E-state index contributed by atoms with van der Waals surface area (Å²) in [4.78, 5) is 15.7. The van der Waals surface area contributed by atoms with Crippen LogP contribution in [0.2, 0.25) is 0 Å². The molecule has 1 spiro atoms. The number of hydrogen-bond donors (Lipinski definition) is 0. The predicted octanol–water partition coefficient (Wildman–Crippen LogP) is 3.38. The van der Waals surface area contributed by atoms with Gasteiger partial charge in [0, 0.05) is 23.4 Å². The molecule has 1 saturated carbocycles. The standard InChI is InChI=1S/C22H21NO4/c24-21-22(12-26-20-9-15-11-25-13-27-19(15)10-17(20)22)16-3-1-2-4-18(16)23(21)8-7-14-5-6-14/h1-4,9-10,14H,5-8,11-13H2. The molecule has 5 heteroatoms. The van der Waals surface area contributed by atoms with Crippen LogP contribution in [0.3, 0.4) is 0 Å². The molecule has 27 heavy (non-hydrogen) atoms. The number of benzene rings is 2. The second kappa shape index (κ2) is 5.49. The van der Waals surface area contributed by atoms with Crippen molar-refractivity contribution >= 4 is 11.6 Å². The maximum atomic E-state index is 13.7. The van der Waals surface area contributed by atoms with Crippen LogP contribution < -0.4 is 14.4 Å². The number of ether oxygens (including phenoxy) is 3. The Morgan fingerprint density at radius 1 is 1.07 bits per heavy atom. The first-order valence-corrected chi connectivity index (χ1v) is 9.69. The van der Waals surface area contributed by atoms with Gasteiger partial charge in [-0.2, -0.15) is 0 Å². The normalized spacial score (nSPS) is 25.0. The molecular formula is C22H21NO4. The van der Waals surface area contributed by atoms with Crippen LogP contribution in [-0.4, -0.2) is 25.9 Å². The number of anilines is 1. The number of rotatable bonds is 3. The van der Waals surface area contributed by atoms with Crippen LogP contribution in [0.4, 0.5) is 5.69 Å². The van der Waals surface area contributed by atoms with E-state index >= 15 is 0 Å². The van der Waals surface area contributed by atoms with E-state index in [1.54, 1.807) is 0 Å². The maximum absolute atomic E-state index is 13.7. The lowest BCUT2D eigenvalue weighted by Crippen LogP contribution is -2.43. The molecule has 1 amide bonds. The molecule has 2 aromatic rings. The lowest BCUT2D eigenvalue weighted by Gasteiger charge is -2.24. The summed E-state index contributed by atoms with van der Waals surface area (Å²) in [5.41, 5.74) is 3.22. The number of amides is 1. The monoisotopic (exact) mass is 363 g/mol. The molecule has 0 radical (unpaired) electrons. The van der Waals surface area contributed by atoms with E-state index in [0.29, 0.717) is 13.2 Å². The Balaban J connectivity index is 1.48. The molecule has 1 atom stereocenters. The third kappa shape index (κ3) is 2.12. The van der Waals surface area contributed by atoms with E-state index in [1.807, 2.05) is 29.2 Å². The highest BCUT2D eigenvalue weighted by Gasteiger charge is 2.57. The molecule has 1 fully saturated rings. The van der Waals surface area contributed by atoms with Crippen molar-refractivity contribution in [3.63, 3.8) is 0 Å². The molecule has 6 rings (SSSR count). The summed E-state index contributed by atoms with van der Waals surface area (Å²) in [6.45, 7) is 1.89. The zero-order valence-electron chi connectivity index (χ0n) is 15.1. The van der Waals surface area contributed by atoms with Crippen LogP contribution >= 0.6 is 0 Å². The van der Waals surface area contributed by atoms with Crippen molar-refractivity contribution in [3.05, 3.63) is 53.1 Å². The van der Waals surface area contributed by atoms with Gasteiger partial charge in [-0.05, 0) is 36.1 Å². The minimum Gasteiger partial charge on any atom is -0.491 e. The van der Waals surface area contributed by atoms with Gasteiger partial charge in [0.25, 0.3) is 0 Å². The summed E-state index contributed by atoms with van der Waals surface area (Å²) in [6.07, 6.45) is 3.67. The second-order valence-electron chi connectivity index (χ2n) is 7.97. The predicted molar refractivity (Wildman–Crippen MR) is 99.1 cm³/mol. The lowest BCUT2D eigenvalue weighted by atomic mass is 9.77. The molecule has 0 aromatic heterocycles. The van der Waals surface area contributed by atoms with Gasteiger partial charge in [0.1, 0.15) is 23.5 Å². The van der Waals surface area contributed by atoms with Crippen molar-refractivity contribution in [2.24, 2.45) is 5.92 Å². The number of carbonyl (C=O) groups excluding carboxylic acids is 1. The Hall–Kier alpha value is -2.53. The number of nitrogens with zero attached hydrogens (tertiary/aromatic N) is 1.